The van der Waals surface area contributed by atoms with Gasteiger partial charge in [0, 0.05) is 102 Å². The van der Waals surface area contributed by atoms with E-state index in [0.29, 0.717) is 35.5 Å². The molecule has 0 saturated carbocycles. The molecule has 28 rings (SSSR count). The number of hydrogen-bond donors (Lipinski definition) is 0. The van der Waals surface area contributed by atoms with E-state index in [1.54, 1.807) is 0 Å². The Morgan fingerprint density at radius 2 is 0.504 bits per heavy atom. The second-order valence-electron chi connectivity index (χ2n) is 40.6. The maximum atomic E-state index is 6.26. The number of fused-ring (bicyclic) bond motifs is 35. The molecule has 0 fully saturated rings. The fourth-order valence-corrected chi connectivity index (χ4v) is 21.1. The summed E-state index contributed by atoms with van der Waals surface area (Å²) in [7, 11) is 0. The molecule has 7 heterocycles. The lowest BCUT2D eigenvalue weighted by atomic mass is 9.82. The van der Waals surface area contributed by atoms with Crippen LogP contribution in [0.4, 0.5) is 0 Å². The van der Waals surface area contributed by atoms with Crippen LogP contribution >= 0.6 is 0 Å². The zero-order valence-electron chi connectivity index (χ0n) is 82.7. The van der Waals surface area contributed by atoms with Crippen molar-refractivity contribution in [2.75, 3.05) is 0 Å². The van der Waals surface area contributed by atoms with Crippen LogP contribution in [0.5, 0.6) is 0 Å². The van der Waals surface area contributed by atoms with Crippen LogP contribution < -0.4 is 0 Å². The van der Waals surface area contributed by atoms with Crippen molar-refractivity contribution >= 4 is 229 Å². The van der Waals surface area contributed by atoms with E-state index in [-0.39, 0.29) is 5.41 Å². The summed E-state index contributed by atoms with van der Waals surface area (Å²) in [5, 5.41) is 34.4. The van der Waals surface area contributed by atoms with E-state index in [1.807, 2.05) is 48.5 Å². The Bertz CT molecular complexity index is 9590. The minimum atomic E-state index is 0.103. The molecule has 0 saturated heterocycles. The Kier molecular flexibility index (Phi) is 23.7. The number of rotatable bonds is 6. The zero-order valence-corrected chi connectivity index (χ0v) is 82.7. The molecule has 0 radical (unpaired) electrons. The summed E-state index contributed by atoms with van der Waals surface area (Å²) in [5.74, 6) is 2.92. The SMILES string of the molecule is CC(C)(C)c1cc2c3ccccc3oc2c2ccccc12.CC(C)c1cc2ccccc2c2c1oc1ccccc12.CC(C)c1cc2ccccc2c2oc3ccccc3c12.CC(C)c1cc2oc3ccccc3c2c2ccccc12.CC(C)c1ccc2c(c1)oc1c3ccccc3ccc21.CC(C)c1ccc2oc3c4ccccc4ccc3c2c1.CC(C)c1cccc2c1oc1c3ccccc3ccc21. The first kappa shape index (κ1) is 90.2. The molecular weight excluding hydrogens is 1720 g/mol. The molecule has 0 N–H and O–H groups in total. The molecule has 7 nitrogen and oxygen atoms in total. The van der Waals surface area contributed by atoms with Crippen molar-refractivity contribution in [3.8, 4) is 0 Å². The number of benzene rings is 21. The summed E-state index contributed by atoms with van der Waals surface area (Å²) < 4.78 is 43.0. The van der Waals surface area contributed by atoms with E-state index in [4.69, 9.17) is 30.9 Å². The Labute approximate surface area is 820 Å². The number of para-hydroxylation sites is 5. The molecule has 692 valence electrons. The normalized spacial score (nSPS) is 12.0. The van der Waals surface area contributed by atoms with Crippen molar-refractivity contribution < 1.29 is 30.9 Å². The summed E-state index contributed by atoms with van der Waals surface area (Å²) in [6, 6.07) is 134. The van der Waals surface area contributed by atoms with Gasteiger partial charge in [-0.05, 0) is 207 Å². The Hall–Kier alpha value is -16.0. The van der Waals surface area contributed by atoms with Gasteiger partial charge in [0.05, 0.1) is 0 Å². The van der Waals surface area contributed by atoms with Crippen molar-refractivity contribution in [3.63, 3.8) is 0 Å². The third-order valence-corrected chi connectivity index (χ3v) is 28.4. The minimum absolute atomic E-state index is 0.103. The van der Waals surface area contributed by atoms with Gasteiger partial charge in [-0.2, -0.15) is 0 Å². The lowest BCUT2D eigenvalue weighted by molar-refractivity contribution is 0.596. The highest BCUT2D eigenvalue weighted by Gasteiger charge is 2.25. The van der Waals surface area contributed by atoms with E-state index in [0.717, 1.165) is 78.2 Å². The average Bonchev–Trinajstić information content (AvgIpc) is 1.64. The standard InChI is InChI=1S/C20H18O.6C19H16O/c1-20(2,3)17-12-16-14-9-6-7-11-18(14)21-19(16)15-10-5-4-8-13(15)17;1-12(2)16-11-18-19(14-8-4-3-7-13(14)16)15-9-5-6-10-17(15)20-18;1-12(2)16-11-13-7-3-4-8-14(13)19-18(16)15-9-5-6-10-17(15)20-19;1-12(2)16-11-13-7-3-4-8-14(13)18-15-9-5-6-10-17(15)20-19(16)18;1-12(2)14-8-5-9-16-17-11-10-13-6-3-4-7-15(13)19(17)20-18(14)16;1-12(2)14-8-9-16-17-10-7-13-5-3-4-6-15(13)19(17)20-18(16)11-14;1-12(2)14-8-10-18-17(11-14)16-9-7-13-5-3-4-6-15(13)19(16)20-18/h4-12H,1-3H3;6*3-12H,1-2H3. The minimum Gasteiger partial charge on any atom is -0.456 e. The van der Waals surface area contributed by atoms with Crippen LogP contribution in [0.15, 0.2) is 413 Å². The fourth-order valence-electron chi connectivity index (χ4n) is 21.1. The van der Waals surface area contributed by atoms with Crippen LogP contribution in [0.3, 0.4) is 0 Å². The van der Waals surface area contributed by atoms with Crippen LogP contribution in [0.25, 0.3) is 229 Å². The molecule has 0 aliphatic carbocycles. The number of hydrogen-bond acceptors (Lipinski definition) is 7. The van der Waals surface area contributed by atoms with Crippen molar-refractivity contribution in [1.82, 2.24) is 0 Å². The second-order valence-corrected chi connectivity index (χ2v) is 40.6. The van der Waals surface area contributed by atoms with Crippen LogP contribution in [-0.4, -0.2) is 0 Å². The molecule has 0 atom stereocenters. The molecule has 141 heavy (non-hydrogen) atoms. The van der Waals surface area contributed by atoms with Crippen LogP contribution in [0.2, 0.25) is 0 Å². The number of furan rings is 7. The van der Waals surface area contributed by atoms with Gasteiger partial charge in [0.1, 0.15) is 78.2 Å². The molecule has 7 heteroatoms. The first-order valence-electron chi connectivity index (χ1n) is 49.9. The third-order valence-electron chi connectivity index (χ3n) is 28.4. The summed E-state index contributed by atoms with van der Waals surface area (Å²) in [6.07, 6.45) is 0. The highest BCUT2D eigenvalue weighted by atomic mass is 16.4. The van der Waals surface area contributed by atoms with Gasteiger partial charge in [0.15, 0.2) is 0 Å². The lowest BCUT2D eigenvalue weighted by Crippen LogP contribution is -2.11. The van der Waals surface area contributed by atoms with E-state index in [2.05, 4.69) is 438 Å². The molecule has 0 aliphatic heterocycles. The Balaban J connectivity index is 0.0000000944. The van der Waals surface area contributed by atoms with Gasteiger partial charge < -0.3 is 30.9 Å². The molecule has 0 aliphatic rings. The van der Waals surface area contributed by atoms with Crippen LogP contribution in [0, 0.1) is 0 Å². The Morgan fingerprint density at radius 1 is 0.156 bits per heavy atom. The maximum Gasteiger partial charge on any atom is 0.143 e. The first-order valence-corrected chi connectivity index (χ1v) is 49.9. The summed E-state index contributed by atoms with van der Waals surface area (Å²) >= 11 is 0. The van der Waals surface area contributed by atoms with E-state index >= 15 is 0 Å². The summed E-state index contributed by atoms with van der Waals surface area (Å²) in [5.41, 5.74) is 23.4. The van der Waals surface area contributed by atoms with Gasteiger partial charge in [-0.1, -0.05) is 407 Å². The average molecular weight is 1840 g/mol. The van der Waals surface area contributed by atoms with E-state index in [1.165, 1.54) is 190 Å². The molecule has 0 amide bonds. The zero-order chi connectivity index (χ0) is 96.8. The monoisotopic (exact) mass is 1830 g/mol. The Morgan fingerprint density at radius 3 is 1.06 bits per heavy atom. The second kappa shape index (κ2) is 37.1. The highest BCUT2D eigenvalue weighted by molar-refractivity contribution is 6.24. The first-order chi connectivity index (χ1) is 68.5. The third kappa shape index (κ3) is 16.6. The van der Waals surface area contributed by atoms with Crippen molar-refractivity contribution in [1.29, 1.82) is 0 Å². The predicted octanol–water partition coefficient (Wildman–Crippen LogP) is 41.2. The van der Waals surface area contributed by atoms with E-state index < -0.39 is 0 Å². The van der Waals surface area contributed by atoms with Gasteiger partial charge in [-0.3, -0.25) is 0 Å². The quantitative estimate of drug-likeness (QED) is 0.164. The highest BCUT2D eigenvalue weighted by Crippen LogP contribution is 2.47. The smallest absolute Gasteiger partial charge is 0.143 e. The van der Waals surface area contributed by atoms with Gasteiger partial charge in [0.25, 0.3) is 0 Å². The maximum absolute atomic E-state index is 6.26. The topological polar surface area (TPSA) is 92.0 Å². The summed E-state index contributed by atoms with van der Waals surface area (Å²) in [6.45, 7) is 33.5. The molecule has 28 aromatic rings. The molecule has 0 spiro atoms. The van der Waals surface area contributed by atoms with Crippen LogP contribution in [0.1, 0.15) is 178 Å². The molecule has 7 aromatic heterocycles. The largest absolute Gasteiger partial charge is 0.456 e. The predicted molar refractivity (Wildman–Crippen MR) is 602 cm³/mol. The van der Waals surface area contributed by atoms with Crippen molar-refractivity contribution in [2.24, 2.45) is 0 Å². The van der Waals surface area contributed by atoms with Gasteiger partial charge in [0.2, 0.25) is 0 Å². The van der Waals surface area contributed by atoms with Gasteiger partial charge >= 0.3 is 0 Å². The lowest BCUT2D eigenvalue weighted by Gasteiger charge is -2.21. The fraction of sp³-hybridized carbons (Fsp3) is 0.164. The van der Waals surface area contributed by atoms with Crippen molar-refractivity contribution in [2.45, 2.75) is 145 Å². The van der Waals surface area contributed by atoms with E-state index in [9.17, 15) is 0 Å². The van der Waals surface area contributed by atoms with Gasteiger partial charge in [-0.25, -0.2) is 0 Å². The van der Waals surface area contributed by atoms with Gasteiger partial charge in [-0.15, -0.1) is 0 Å². The summed E-state index contributed by atoms with van der Waals surface area (Å²) in [4.78, 5) is 0. The molecular formula is C134H114O7. The molecule has 0 unspecified atom stereocenters. The van der Waals surface area contributed by atoms with Crippen molar-refractivity contribution in [3.05, 3.63) is 421 Å². The molecule has 21 aromatic carbocycles. The molecule has 0 bridgehead atoms. The van der Waals surface area contributed by atoms with Crippen LogP contribution in [-0.2, 0) is 5.41 Å².